The molecule has 2 aromatic rings. The molecule has 0 aliphatic carbocycles. The fraction of sp³-hybridized carbons (Fsp3) is 0.182. The van der Waals surface area contributed by atoms with Crippen LogP contribution in [0.15, 0.2) is 72.1 Å². The lowest BCUT2D eigenvalue weighted by atomic mass is 10.1. The first-order chi connectivity index (χ1) is 13.0. The number of allylic oxidation sites excluding steroid dienone is 5. The van der Waals surface area contributed by atoms with Gasteiger partial charge in [-0.25, -0.2) is 4.39 Å². The van der Waals surface area contributed by atoms with Crippen molar-refractivity contribution in [2.45, 2.75) is 27.2 Å². The molecule has 3 nitrogen and oxygen atoms in total. The number of aromatic nitrogens is 1. The van der Waals surface area contributed by atoms with Gasteiger partial charge in [-0.15, -0.1) is 0 Å². The number of nitrogens with one attached hydrogen (secondary N) is 1. The monoisotopic (exact) mass is 384 g/mol. The van der Waals surface area contributed by atoms with Crippen LogP contribution in [0.25, 0.3) is 5.57 Å². The Morgan fingerprint density at radius 2 is 2.04 bits per heavy atom. The van der Waals surface area contributed by atoms with Crippen LogP contribution in [0.2, 0.25) is 5.02 Å². The van der Waals surface area contributed by atoms with Gasteiger partial charge in [0.1, 0.15) is 5.82 Å². The predicted molar refractivity (Wildman–Crippen MR) is 109 cm³/mol. The van der Waals surface area contributed by atoms with E-state index in [-0.39, 0.29) is 10.9 Å². The standard InChI is InChI=1S/C22H22ClFN2O/c1-4-15(3)20(12-10-16(5-2)21-8-6-7-13-25-21)26-22(27)17-9-11-19(24)18(23)14-17/h5-14H,4H2,1-3H3,(H,26,27)/b12-10-,16-5+,20-15-. The van der Waals surface area contributed by atoms with E-state index in [2.05, 4.69) is 10.3 Å². The molecule has 0 fully saturated rings. The number of carbonyl (C=O) groups is 1. The molecule has 0 radical (unpaired) electrons. The number of pyridine rings is 1. The van der Waals surface area contributed by atoms with Gasteiger partial charge in [-0.3, -0.25) is 9.78 Å². The summed E-state index contributed by atoms with van der Waals surface area (Å²) in [5.74, 6) is -0.897. The van der Waals surface area contributed by atoms with Crippen molar-refractivity contribution in [3.63, 3.8) is 0 Å². The summed E-state index contributed by atoms with van der Waals surface area (Å²) in [7, 11) is 0. The van der Waals surface area contributed by atoms with E-state index in [1.807, 2.05) is 57.2 Å². The SMILES string of the molecule is C\C=C(/C=C\C(NC(=O)c1ccc(F)c(Cl)c1)=C(/C)CC)c1ccccn1. The van der Waals surface area contributed by atoms with Gasteiger partial charge in [-0.1, -0.05) is 36.7 Å². The van der Waals surface area contributed by atoms with Gasteiger partial charge < -0.3 is 5.32 Å². The van der Waals surface area contributed by atoms with Crippen LogP contribution in [-0.2, 0) is 0 Å². The Labute approximate surface area is 164 Å². The number of rotatable bonds is 6. The molecule has 0 atom stereocenters. The molecule has 1 aromatic carbocycles. The van der Waals surface area contributed by atoms with E-state index in [0.717, 1.165) is 23.3 Å². The summed E-state index contributed by atoms with van der Waals surface area (Å²) in [5.41, 5.74) is 3.80. The second kappa shape index (κ2) is 9.83. The van der Waals surface area contributed by atoms with Crippen LogP contribution >= 0.6 is 11.6 Å². The molecular weight excluding hydrogens is 363 g/mol. The molecule has 140 valence electrons. The van der Waals surface area contributed by atoms with Gasteiger partial charge in [-0.05, 0) is 67.8 Å². The number of halogens is 2. The average Bonchev–Trinajstić information content (AvgIpc) is 2.69. The summed E-state index contributed by atoms with van der Waals surface area (Å²) in [4.78, 5) is 16.9. The highest BCUT2D eigenvalue weighted by atomic mass is 35.5. The number of nitrogens with zero attached hydrogens (tertiary/aromatic N) is 1. The minimum Gasteiger partial charge on any atom is -0.322 e. The van der Waals surface area contributed by atoms with Crippen molar-refractivity contribution in [3.8, 4) is 0 Å². The average molecular weight is 385 g/mol. The van der Waals surface area contributed by atoms with Crippen LogP contribution < -0.4 is 5.32 Å². The highest BCUT2D eigenvalue weighted by molar-refractivity contribution is 6.31. The van der Waals surface area contributed by atoms with Crippen molar-refractivity contribution in [2.75, 3.05) is 0 Å². The number of amides is 1. The summed E-state index contributed by atoms with van der Waals surface area (Å²) in [5, 5.41) is 2.81. The Kier molecular flexibility index (Phi) is 7.50. The lowest BCUT2D eigenvalue weighted by Gasteiger charge is -2.11. The second-order valence-electron chi connectivity index (χ2n) is 5.92. The van der Waals surface area contributed by atoms with E-state index in [0.29, 0.717) is 11.3 Å². The summed E-state index contributed by atoms with van der Waals surface area (Å²) >= 11 is 5.78. The van der Waals surface area contributed by atoms with Gasteiger partial charge in [-0.2, -0.15) is 0 Å². The van der Waals surface area contributed by atoms with Crippen molar-refractivity contribution in [2.24, 2.45) is 0 Å². The molecule has 2 rings (SSSR count). The lowest BCUT2D eigenvalue weighted by molar-refractivity contribution is 0.0966. The fourth-order valence-corrected chi connectivity index (χ4v) is 2.53. The largest absolute Gasteiger partial charge is 0.322 e. The van der Waals surface area contributed by atoms with E-state index in [1.54, 1.807) is 6.20 Å². The molecule has 1 aromatic heterocycles. The Morgan fingerprint density at radius 3 is 2.63 bits per heavy atom. The van der Waals surface area contributed by atoms with Crippen molar-refractivity contribution < 1.29 is 9.18 Å². The van der Waals surface area contributed by atoms with Crippen LogP contribution in [0.1, 0.15) is 43.2 Å². The van der Waals surface area contributed by atoms with Crippen LogP contribution in [0.4, 0.5) is 4.39 Å². The smallest absolute Gasteiger partial charge is 0.255 e. The molecule has 1 heterocycles. The second-order valence-corrected chi connectivity index (χ2v) is 6.33. The maximum atomic E-state index is 13.3. The highest BCUT2D eigenvalue weighted by Crippen LogP contribution is 2.18. The maximum absolute atomic E-state index is 13.3. The number of carbonyl (C=O) groups excluding carboxylic acids is 1. The topological polar surface area (TPSA) is 42.0 Å². The first-order valence-electron chi connectivity index (χ1n) is 8.68. The van der Waals surface area contributed by atoms with Crippen molar-refractivity contribution in [1.29, 1.82) is 0 Å². The Hall–Kier alpha value is -2.72. The van der Waals surface area contributed by atoms with Crippen molar-refractivity contribution >= 4 is 23.1 Å². The minimum absolute atomic E-state index is 0.0812. The first kappa shape index (κ1) is 20.6. The third kappa shape index (κ3) is 5.63. The summed E-state index contributed by atoms with van der Waals surface area (Å²) in [6.07, 6.45) is 8.24. The van der Waals surface area contributed by atoms with Crippen LogP contribution in [0, 0.1) is 5.82 Å². The van der Waals surface area contributed by atoms with Crippen LogP contribution in [-0.4, -0.2) is 10.9 Å². The van der Waals surface area contributed by atoms with Gasteiger partial charge in [0.05, 0.1) is 10.7 Å². The fourth-order valence-electron chi connectivity index (χ4n) is 2.35. The molecule has 0 bridgehead atoms. The van der Waals surface area contributed by atoms with E-state index >= 15 is 0 Å². The van der Waals surface area contributed by atoms with Gasteiger partial charge in [0.2, 0.25) is 0 Å². The molecule has 1 amide bonds. The normalized spacial score (nSPS) is 12.9. The molecule has 0 unspecified atom stereocenters. The zero-order valence-electron chi connectivity index (χ0n) is 15.6. The summed E-state index contributed by atoms with van der Waals surface area (Å²) in [6.45, 7) is 5.90. The molecule has 5 heteroatoms. The number of benzene rings is 1. The Bertz CT molecular complexity index is 902. The number of hydrogen-bond donors (Lipinski definition) is 1. The van der Waals surface area contributed by atoms with Gasteiger partial charge in [0.25, 0.3) is 5.91 Å². The van der Waals surface area contributed by atoms with E-state index in [1.165, 1.54) is 18.2 Å². The molecule has 1 N–H and O–H groups in total. The van der Waals surface area contributed by atoms with Crippen molar-refractivity contribution in [1.82, 2.24) is 10.3 Å². The Morgan fingerprint density at radius 1 is 1.26 bits per heavy atom. The predicted octanol–water partition coefficient (Wildman–Crippen LogP) is 5.95. The van der Waals surface area contributed by atoms with Crippen LogP contribution in [0.3, 0.4) is 0 Å². The molecule has 0 spiro atoms. The first-order valence-corrected chi connectivity index (χ1v) is 9.06. The number of hydrogen-bond acceptors (Lipinski definition) is 2. The third-order valence-electron chi connectivity index (χ3n) is 4.12. The zero-order chi connectivity index (χ0) is 19.8. The van der Waals surface area contributed by atoms with Gasteiger partial charge in [0, 0.05) is 17.5 Å². The molecule has 0 saturated carbocycles. The van der Waals surface area contributed by atoms with Gasteiger partial charge >= 0.3 is 0 Å². The molecule has 0 saturated heterocycles. The summed E-state index contributed by atoms with van der Waals surface area (Å²) in [6, 6.07) is 9.62. The minimum atomic E-state index is -0.554. The summed E-state index contributed by atoms with van der Waals surface area (Å²) < 4.78 is 13.3. The van der Waals surface area contributed by atoms with Crippen LogP contribution in [0.5, 0.6) is 0 Å². The Balaban J connectivity index is 2.26. The molecule has 27 heavy (non-hydrogen) atoms. The third-order valence-corrected chi connectivity index (χ3v) is 4.41. The molecule has 0 aliphatic rings. The molecular formula is C22H22ClFN2O. The lowest BCUT2D eigenvalue weighted by Crippen LogP contribution is -2.23. The maximum Gasteiger partial charge on any atom is 0.255 e. The quantitative estimate of drug-likeness (QED) is 0.625. The molecule has 0 aliphatic heterocycles. The highest BCUT2D eigenvalue weighted by Gasteiger charge is 2.11. The van der Waals surface area contributed by atoms with E-state index < -0.39 is 5.82 Å². The van der Waals surface area contributed by atoms with E-state index in [9.17, 15) is 9.18 Å². The van der Waals surface area contributed by atoms with Gasteiger partial charge in [0.15, 0.2) is 0 Å². The van der Waals surface area contributed by atoms with E-state index in [4.69, 9.17) is 11.6 Å². The zero-order valence-corrected chi connectivity index (χ0v) is 16.3. The van der Waals surface area contributed by atoms with Crippen molar-refractivity contribution in [3.05, 3.63) is 94.2 Å².